The summed E-state index contributed by atoms with van der Waals surface area (Å²) in [6, 6.07) is 30.4. The number of rotatable bonds is 17. The number of benzene rings is 4. The van der Waals surface area contributed by atoms with E-state index in [1.165, 1.54) is 0 Å². The summed E-state index contributed by atoms with van der Waals surface area (Å²) in [4.78, 5) is 51.9. The first-order chi connectivity index (χ1) is 23.0. The number of carbonyl (C=O) groups is 4. The van der Waals surface area contributed by atoms with Crippen LogP contribution in [0.2, 0.25) is 0 Å². The van der Waals surface area contributed by atoms with Gasteiger partial charge in [0, 0.05) is 16.2 Å². The minimum atomic E-state index is -3.75. The third kappa shape index (κ3) is 10.2. The van der Waals surface area contributed by atoms with Crippen LogP contribution >= 0.6 is 7.37 Å². The first-order valence-corrected chi connectivity index (χ1v) is 17.2. The highest BCUT2D eigenvalue weighted by Gasteiger charge is 2.33. The van der Waals surface area contributed by atoms with E-state index in [4.69, 9.17) is 9.26 Å². The molecule has 4 rings (SSSR count). The molecule has 10 nitrogen and oxygen atoms in total. The van der Waals surface area contributed by atoms with Gasteiger partial charge in [-0.1, -0.05) is 86.6 Å². The SMILES string of the molecule is CC(C)C[C@H](NC(=O)Cc1ccccc1Oc1ccccc1)C(=O)N[C@@H](CC(=O)O)C(=O)COP(=O)(c1ccccc1)c1ccccc1. The maximum absolute atomic E-state index is 14.2. The maximum Gasteiger partial charge on any atom is 0.305 e. The Morgan fingerprint density at radius 1 is 0.729 bits per heavy atom. The van der Waals surface area contributed by atoms with Crippen LogP contribution in [-0.2, 0) is 34.7 Å². The van der Waals surface area contributed by atoms with Gasteiger partial charge in [-0.05, 0) is 54.8 Å². The molecule has 4 aromatic rings. The highest BCUT2D eigenvalue weighted by molar-refractivity contribution is 7.74. The van der Waals surface area contributed by atoms with Crippen molar-refractivity contribution in [3.05, 3.63) is 121 Å². The molecule has 0 bridgehead atoms. The second-order valence-electron chi connectivity index (χ2n) is 11.6. The lowest BCUT2D eigenvalue weighted by Gasteiger charge is -2.24. The fraction of sp³-hybridized carbons (Fsp3) is 0.243. The highest BCUT2D eigenvalue weighted by Crippen LogP contribution is 2.44. The summed E-state index contributed by atoms with van der Waals surface area (Å²) in [6.45, 7) is 3.01. The molecule has 250 valence electrons. The fourth-order valence-corrected chi connectivity index (χ4v) is 7.01. The van der Waals surface area contributed by atoms with Crippen molar-refractivity contribution in [2.45, 2.75) is 45.2 Å². The summed E-state index contributed by atoms with van der Waals surface area (Å²) < 4.78 is 25.9. The quantitative estimate of drug-likeness (QED) is 0.133. The van der Waals surface area contributed by atoms with Crippen LogP contribution in [0.3, 0.4) is 0 Å². The minimum Gasteiger partial charge on any atom is -0.481 e. The van der Waals surface area contributed by atoms with Gasteiger partial charge in [-0.3, -0.25) is 23.7 Å². The molecule has 0 aliphatic rings. The topological polar surface area (TPSA) is 148 Å². The van der Waals surface area contributed by atoms with Crippen LogP contribution < -0.4 is 26.0 Å². The zero-order valence-corrected chi connectivity index (χ0v) is 27.7. The first kappa shape index (κ1) is 35.8. The van der Waals surface area contributed by atoms with Crippen molar-refractivity contribution in [3.8, 4) is 11.5 Å². The Hall–Kier alpha value is -5.05. The summed E-state index contributed by atoms with van der Waals surface area (Å²) in [5.41, 5.74) is 0.597. The number of amides is 2. The van der Waals surface area contributed by atoms with Crippen LogP contribution in [0.1, 0.15) is 32.3 Å². The lowest BCUT2D eigenvalue weighted by molar-refractivity contribution is -0.141. The smallest absolute Gasteiger partial charge is 0.305 e. The number of hydrogen-bond acceptors (Lipinski definition) is 7. The summed E-state index contributed by atoms with van der Waals surface area (Å²) in [7, 11) is -3.75. The van der Waals surface area contributed by atoms with Gasteiger partial charge in [0.05, 0.1) is 12.8 Å². The fourth-order valence-electron chi connectivity index (χ4n) is 4.98. The van der Waals surface area contributed by atoms with Gasteiger partial charge in [-0.25, -0.2) is 0 Å². The standard InChI is InChI=1S/C37H39N2O8P/c1-26(2)22-32(38-35(41)23-27-14-12-13-21-34(27)47-28-15-6-3-7-16-28)37(44)39-31(24-36(42)43)33(40)25-46-48(45,29-17-8-4-9-18-29)30-19-10-5-11-20-30/h3-21,26,31-32H,22-25H2,1-2H3,(H,38,41)(H,39,44)(H,42,43)/t31-,32-/m0/s1. The van der Waals surface area contributed by atoms with Gasteiger partial charge >= 0.3 is 5.97 Å². The van der Waals surface area contributed by atoms with Crippen LogP contribution in [0.25, 0.3) is 0 Å². The monoisotopic (exact) mass is 670 g/mol. The Balaban J connectivity index is 1.47. The van der Waals surface area contributed by atoms with Gasteiger partial charge in [-0.15, -0.1) is 0 Å². The zero-order chi connectivity index (χ0) is 34.5. The Morgan fingerprint density at radius 3 is 1.83 bits per heavy atom. The molecule has 4 aromatic carbocycles. The zero-order valence-electron chi connectivity index (χ0n) is 26.8. The van der Waals surface area contributed by atoms with Crippen LogP contribution in [0.5, 0.6) is 11.5 Å². The van der Waals surface area contributed by atoms with Gasteiger partial charge in [0.15, 0.2) is 5.78 Å². The molecule has 0 aliphatic heterocycles. The molecule has 0 fully saturated rings. The molecule has 0 spiro atoms. The Labute approximate surface area is 279 Å². The predicted octanol–water partition coefficient (Wildman–Crippen LogP) is 5.03. The van der Waals surface area contributed by atoms with Gasteiger partial charge in [0.2, 0.25) is 11.8 Å². The number of Topliss-reactive ketones (excluding diaryl/α,β-unsaturated/α-hetero) is 1. The molecule has 3 N–H and O–H groups in total. The number of carboxylic acids is 1. The summed E-state index contributed by atoms with van der Waals surface area (Å²) in [5, 5.41) is 15.5. The van der Waals surface area contributed by atoms with E-state index in [0.717, 1.165) is 0 Å². The van der Waals surface area contributed by atoms with Gasteiger partial charge in [0.1, 0.15) is 30.2 Å². The normalized spacial score (nSPS) is 12.5. The number of nitrogens with one attached hydrogen (secondary N) is 2. The number of ketones is 1. The van der Waals surface area contributed by atoms with E-state index in [0.29, 0.717) is 27.7 Å². The minimum absolute atomic E-state index is 0.0330. The second kappa shape index (κ2) is 17.2. The van der Waals surface area contributed by atoms with Crippen LogP contribution in [0.4, 0.5) is 0 Å². The van der Waals surface area contributed by atoms with Gasteiger partial charge in [-0.2, -0.15) is 0 Å². The molecular formula is C37H39N2O8P. The summed E-state index contributed by atoms with van der Waals surface area (Å²) in [5.74, 6) is -2.24. The molecule has 2 atom stereocenters. The van der Waals surface area contributed by atoms with E-state index in [2.05, 4.69) is 10.6 Å². The predicted molar refractivity (Wildman–Crippen MR) is 183 cm³/mol. The van der Waals surface area contributed by atoms with Crippen LogP contribution in [-0.4, -0.2) is 47.4 Å². The third-order valence-electron chi connectivity index (χ3n) is 7.32. The maximum atomic E-state index is 14.2. The Morgan fingerprint density at radius 2 is 1.27 bits per heavy atom. The van der Waals surface area contributed by atoms with Crippen LogP contribution in [0, 0.1) is 5.92 Å². The van der Waals surface area contributed by atoms with Gasteiger partial charge in [0.25, 0.3) is 7.37 Å². The lowest BCUT2D eigenvalue weighted by atomic mass is 10.0. The number of para-hydroxylation sites is 2. The van der Waals surface area contributed by atoms with E-state index in [1.54, 1.807) is 97.1 Å². The highest BCUT2D eigenvalue weighted by atomic mass is 31.2. The van der Waals surface area contributed by atoms with Crippen molar-refractivity contribution in [1.82, 2.24) is 10.6 Å². The number of carboxylic acid groups (broad SMARTS) is 1. The van der Waals surface area contributed by atoms with Crippen molar-refractivity contribution < 1.29 is 38.1 Å². The van der Waals surface area contributed by atoms with Crippen molar-refractivity contribution in [3.63, 3.8) is 0 Å². The van der Waals surface area contributed by atoms with Crippen LogP contribution in [0.15, 0.2) is 115 Å². The molecule has 0 heterocycles. The molecule has 2 amide bonds. The van der Waals surface area contributed by atoms with Crippen molar-refractivity contribution in [2.75, 3.05) is 6.61 Å². The number of carbonyl (C=O) groups excluding carboxylic acids is 3. The van der Waals surface area contributed by atoms with E-state index < -0.39 is 56.0 Å². The van der Waals surface area contributed by atoms with Crippen molar-refractivity contribution >= 4 is 41.5 Å². The molecule has 0 aliphatic carbocycles. The largest absolute Gasteiger partial charge is 0.481 e. The summed E-state index contributed by atoms with van der Waals surface area (Å²) in [6.07, 6.45) is -0.604. The molecule has 0 unspecified atom stereocenters. The van der Waals surface area contributed by atoms with E-state index in [-0.39, 0.29) is 18.8 Å². The Bertz CT molecular complexity index is 1690. The first-order valence-electron chi connectivity index (χ1n) is 15.6. The van der Waals surface area contributed by atoms with E-state index in [9.17, 15) is 28.8 Å². The Kier molecular flexibility index (Phi) is 12.8. The van der Waals surface area contributed by atoms with Gasteiger partial charge < -0.3 is 25.0 Å². The molecule has 0 aromatic heterocycles. The second-order valence-corrected chi connectivity index (χ2v) is 14.0. The third-order valence-corrected chi connectivity index (χ3v) is 9.77. The van der Waals surface area contributed by atoms with Crippen molar-refractivity contribution in [2.24, 2.45) is 5.92 Å². The molecule has 0 radical (unpaired) electrons. The lowest BCUT2D eigenvalue weighted by Crippen LogP contribution is -2.53. The van der Waals surface area contributed by atoms with E-state index in [1.807, 2.05) is 32.0 Å². The molecule has 11 heteroatoms. The number of aliphatic carboxylic acids is 1. The number of ether oxygens (including phenoxy) is 1. The number of hydrogen-bond donors (Lipinski definition) is 3. The average molecular weight is 671 g/mol. The molecule has 0 saturated heterocycles. The molecule has 48 heavy (non-hydrogen) atoms. The summed E-state index contributed by atoms with van der Waals surface area (Å²) >= 11 is 0. The average Bonchev–Trinajstić information content (AvgIpc) is 3.08. The van der Waals surface area contributed by atoms with Crippen molar-refractivity contribution in [1.29, 1.82) is 0 Å². The molecule has 0 saturated carbocycles. The van der Waals surface area contributed by atoms with E-state index >= 15 is 0 Å². The molecular weight excluding hydrogens is 631 g/mol.